The largest absolute Gasteiger partial charge is 0.298 e. The maximum absolute atomic E-state index is 12.0. The van der Waals surface area contributed by atoms with Gasteiger partial charge in [0.05, 0.1) is 17.4 Å². The molecule has 102 valence electrons. The van der Waals surface area contributed by atoms with E-state index in [1.54, 1.807) is 12.4 Å². The van der Waals surface area contributed by atoms with Crippen molar-refractivity contribution in [1.29, 1.82) is 0 Å². The molecule has 6 heteroatoms. The highest BCUT2D eigenvalue weighted by Crippen LogP contribution is 2.17. The van der Waals surface area contributed by atoms with Gasteiger partial charge in [0, 0.05) is 31.9 Å². The Balaban J connectivity index is 2.07. The lowest BCUT2D eigenvalue weighted by Crippen LogP contribution is -2.52. The summed E-state index contributed by atoms with van der Waals surface area (Å²) in [5.41, 5.74) is 1.67. The van der Waals surface area contributed by atoms with Crippen molar-refractivity contribution in [1.82, 2.24) is 20.2 Å². The van der Waals surface area contributed by atoms with E-state index in [9.17, 15) is 9.59 Å². The van der Waals surface area contributed by atoms with Crippen molar-refractivity contribution in [2.45, 2.75) is 38.8 Å². The van der Waals surface area contributed by atoms with Crippen LogP contribution < -0.4 is 5.32 Å². The molecule has 19 heavy (non-hydrogen) atoms. The van der Waals surface area contributed by atoms with Crippen LogP contribution in [0, 0.1) is 6.92 Å². The van der Waals surface area contributed by atoms with Gasteiger partial charge in [0.2, 0.25) is 11.8 Å². The number of imide groups is 1. The molecule has 1 N–H and O–H groups in total. The lowest BCUT2D eigenvalue weighted by Gasteiger charge is -2.30. The number of amides is 2. The smallest absolute Gasteiger partial charge is 0.246 e. The Morgan fingerprint density at radius 1 is 1.37 bits per heavy atom. The van der Waals surface area contributed by atoms with Crippen LogP contribution in [0.3, 0.4) is 0 Å². The second kappa shape index (κ2) is 5.44. The molecule has 2 amide bonds. The average molecular weight is 262 g/mol. The van der Waals surface area contributed by atoms with Gasteiger partial charge in [0.15, 0.2) is 0 Å². The van der Waals surface area contributed by atoms with Crippen molar-refractivity contribution in [3.63, 3.8) is 0 Å². The van der Waals surface area contributed by atoms with Crippen LogP contribution >= 0.6 is 0 Å². The van der Waals surface area contributed by atoms with Crippen LogP contribution in [0.15, 0.2) is 12.4 Å². The minimum Gasteiger partial charge on any atom is -0.298 e. The molecule has 0 saturated carbocycles. The average Bonchev–Trinajstić information content (AvgIpc) is 2.40. The standard InChI is InChI=1S/C13H18N4O2/c1-8-12(15-7-6-14-8)9(2)16-10-4-5-11(18)17(3)13(10)19/h6-7,9-10,16H,4-5H2,1-3H3. The lowest BCUT2D eigenvalue weighted by molar-refractivity contribution is -0.148. The maximum atomic E-state index is 12.0. The normalized spacial score (nSPS) is 21.6. The van der Waals surface area contributed by atoms with Gasteiger partial charge < -0.3 is 0 Å². The van der Waals surface area contributed by atoms with Gasteiger partial charge in [-0.25, -0.2) is 0 Å². The van der Waals surface area contributed by atoms with Crippen LogP contribution in [0.2, 0.25) is 0 Å². The Labute approximate surface area is 112 Å². The number of rotatable bonds is 3. The summed E-state index contributed by atoms with van der Waals surface area (Å²) in [4.78, 5) is 33.1. The Hall–Kier alpha value is -1.82. The number of nitrogens with zero attached hydrogens (tertiary/aromatic N) is 3. The van der Waals surface area contributed by atoms with E-state index < -0.39 is 0 Å². The number of likely N-dealkylation sites (tertiary alicyclic amines) is 1. The summed E-state index contributed by atoms with van der Waals surface area (Å²) in [7, 11) is 1.52. The molecule has 1 aromatic heterocycles. The monoisotopic (exact) mass is 262 g/mol. The van der Waals surface area contributed by atoms with E-state index in [4.69, 9.17) is 0 Å². The molecule has 1 aromatic rings. The number of likely N-dealkylation sites (N-methyl/N-ethyl adjacent to an activating group) is 1. The van der Waals surface area contributed by atoms with E-state index in [2.05, 4.69) is 15.3 Å². The first-order valence-corrected chi connectivity index (χ1v) is 6.34. The number of piperidine rings is 1. The molecule has 6 nitrogen and oxygen atoms in total. The number of aromatic nitrogens is 2. The number of carbonyl (C=O) groups is 2. The summed E-state index contributed by atoms with van der Waals surface area (Å²) >= 11 is 0. The minimum atomic E-state index is -0.334. The van der Waals surface area contributed by atoms with E-state index in [1.165, 1.54) is 11.9 Å². The minimum absolute atomic E-state index is 0.0794. The molecule has 1 saturated heterocycles. The molecule has 1 fully saturated rings. The van der Waals surface area contributed by atoms with Crippen molar-refractivity contribution in [3.05, 3.63) is 23.8 Å². The summed E-state index contributed by atoms with van der Waals surface area (Å²) in [6.07, 6.45) is 4.21. The fraction of sp³-hybridized carbons (Fsp3) is 0.538. The molecule has 2 rings (SSSR count). The first-order chi connectivity index (χ1) is 9.00. The third-order valence-corrected chi connectivity index (χ3v) is 3.43. The van der Waals surface area contributed by atoms with E-state index in [0.717, 1.165) is 11.4 Å². The fourth-order valence-corrected chi connectivity index (χ4v) is 2.29. The van der Waals surface area contributed by atoms with Gasteiger partial charge in [-0.1, -0.05) is 0 Å². The lowest BCUT2D eigenvalue weighted by atomic mass is 10.0. The zero-order chi connectivity index (χ0) is 14.0. The fourth-order valence-electron chi connectivity index (χ4n) is 2.29. The van der Waals surface area contributed by atoms with Crippen molar-refractivity contribution in [2.24, 2.45) is 0 Å². The van der Waals surface area contributed by atoms with Gasteiger partial charge in [-0.2, -0.15) is 0 Å². The van der Waals surface area contributed by atoms with Gasteiger partial charge in [0.1, 0.15) is 0 Å². The molecule has 1 aliphatic heterocycles. The zero-order valence-electron chi connectivity index (χ0n) is 11.4. The number of carbonyl (C=O) groups excluding carboxylic acids is 2. The van der Waals surface area contributed by atoms with Crippen LogP contribution in [-0.2, 0) is 9.59 Å². The predicted octanol–water partition coefficient (Wildman–Crippen LogP) is 0.583. The van der Waals surface area contributed by atoms with Gasteiger partial charge in [-0.3, -0.25) is 29.8 Å². The number of hydrogen-bond donors (Lipinski definition) is 1. The SMILES string of the molecule is Cc1nccnc1C(C)NC1CCC(=O)N(C)C1=O. The Kier molecular flexibility index (Phi) is 3.90. The van der Waals surface area contributed by atoms with E-state index >= 15 is 0 Å². The van der Waals surface area contributed by atoms with Crippen molar-refractivity contribution in [3.8, 4) is 0 Å². The maximum Gasteiger partial charge on any atom is 0.246 e. The van der Waals surface area contributed by atoms with Crippen LogP contribution in [0.25, 0.3) is 0 Å². The van der Waals surface area contributed by atoms with Crippen molar-refractivity contribution >= 4 is 11.8 Å². The van der Waals surface area contributed by atoms with Crippen LogP contribution in [0.5, 0.6) is 0 Å². The Bertz CT molecular complexity index is 503. The van der Waals surface area contributed by atoms with Gasteiger partial charge in [0.25, 0.3) is 0 Å². The summed E-state index contributed by atoms with van der Waals surface area (Å²) in [5.74, 6) is -0.295. The molecule has 1 aliphatic rings. The van der Waals surface area contributed by atoms with E-state index in [0.29, 0.717) is 12.8 Å². The van der Waals surface area contributed by atoms with Crippen LogP contribution in [0.4, 0.5) is 0 Å². The molecule has 2 unspecified atom stereocenters. The molecular formula is C13H18N4O2. The summed E-state index contributed by atoms with van der Waals surface area (Å²) in [6.45, 7) is 3.83. The summed E-state index contributed by atoms with van der Waals surface area (Å²) < 4.78 is 0. The van der Waals surface area contributed by atoms with Crippen LogP contribution in [-0.4, -0.2) is 39.8 Å². The summed E-state index contributed by atoms with van der Waals surface area (Å²) in [6, 6.07) is -0.414. The van der Waals surface area contributed by atoms with Crippen LogP contribution in [0.1, 0.15) is 37.2 Å². The Morgan fingerprint density at radius 3 is 2.74 bits per heavy atom. The predicted molar refractivity (Wildman–Crippen MR) is 69.1 cm³/mol. The molecule has 2 atom stereocenters. The first-order valence-electron chi connectivity index (χ1n) is 6.34. The van der Waals surface area contributed by atoms with Gasteiger partial charge in [-0.15, -0.1) is 0 Å². The molecule has 0 aromatic carbocycles. The summed E-state index contributed by atoms with van der Waals surface area (Å²) in [5, 5.41) is 3.23. The third-order valence-electron chi connectivity index (χ3n) is 3.43. The second-order valence-corrected chi connectivity index (χ2v) is 4.80. The molecule has 0 aliphatic carbocycles. The van der Waals surface area contributed by atoms with Gasteiger partial charge >= 0.3 is 0 Å². The number of nitrogens with one attached hydrogen (secondary N) is 1. The number of hydrogen-bond acceptors (Lipinski definition) is 5. The highest BCUT2D eigenvalue weighted by Gasteiger charge is 2.32. The van der Waals surface area contributed by atoms with Crippen molar-refractivity contribution < 1.29 is 9.59 Å². The molecule has 0 spiro atoms. The third kappa shape index (κ3) is 2.78. The topological polar surface area (TPSA) is 75.2 Å². The second-order valence-electron chi connectivity index (χ2n) is 4.80. The molecular weight excluding hydrogens is 244 g/mol. The van der Waals surface area contributed by atoms with E-state index in [1.807, 2.05) is 13.8 Å². The molecule has 0 bridgehead atoms. The van der Waals surface area contributed by atoms with E-state index in [-0.39, 0.29) is 23.9 Å². The van der Waals surface area contributed by atoms with Gasteiger partial charge in [-0.05, 0) is 20.3 Å². The first kappa shape index (κ1) is 13.6. The quantitative estimate of drug-likeness (QED) is 0.807. The van der Waals surface area contributed by atoms with Crippen molar-refractivity contribution in [2.75, 3.05) is 7.05 Å². The Morgan fingerprint density at radius 2 is 2.05 bits per heavy atom. The number of aryl methyl sites for hydroxylation is 1. The zero-order valence-corrected chi connectivity index (χ0v) is 11.4. The molecule has 0 radical (unpaired) electrons. The molecule has 2 heterocycles. The highest BCUT2D eigenvalue weighted by atomic mass is 16.2. The highest BCUT2D eigenvalue weighted by molar-refractivity contribution is 6.00.